The van der Waals surface area contributed by atoms with Crippen LogP contribution in [0.5, 0.6) is 0 Å². The Labute approximate surface area is 92.8 Å². The Morgan fingerprint density at radius 3 is 2.73 bits per heavy atom. The highest BCUT2D eigenvalue weighted by Gasteiger charge is 2.23. The molecule has 2 unspecified atom stereocenters. The lowest BCUT2D eigenvalue weighted by molar-refractivity contribution is -0.00882. The van der Waals surface area contributed by atoms with Gasteiger partial charge in [-0.25, -0.2) is 0 Å². The van der Waals surface area contributed by atoms with Crippen molar-refractivity contribution in [2.45, 2.75) is 52.0 Å². The van der Waals surface area contributed by atoms with Crippen LogP contribution in [0.4, 0.5) is 0 Å². The van der Waals surface area contributed by atoms with Gasteiger partial charge in [-0.2, -0.15) is 10.7 Å². The molecule has 3 heteroatoms. The van der Waals surface area contributed by atoms with Crippen LogP contribution in [0, 0.1) is 23.2 Å². The minimum atomic E-state index is 0.125. The molecule has 15 heavy (non-hydrogen) atoms. The van der Waals surface area contributed by atoms with Crippen molar-refractivity contribution >= 4 is 0 Å². The third kappa shape index (κ3) is 4.63. The molecule has 1 fully saturated rings. The number of hydrogen-bond acceptors (Lipinski definition) is 3. The van der Waals surface area contributed by atoms with Gasteiger partial charge in [0.15, 0.2) is 0 Å². The topological polar surface area (TPSA) is 45.0 Å². The molecule has 0 aliphatic heterocycles. The normalized spacial score (nSPS) is 27.3. The molecule has 0 aromatic carbocycles. The average molecular weight is 210 g/mol. The number of hydroxylamine groups is 1. The van der Waals surface area contributed by atoms with Crippen LogP contribution in [0.3, 0.4) is 0 Å². The van der Waals surface area contributed by atoms with E-state index >= 15 is 0 Å². The van der Waals surface area contributed by atoms with Crippen LogP contribution in [0.2, 0.25) is 0 Å². The van der Waals surface area contributed by atoms with E-state index in [1.807, 2.05) is 0 Å². The number of nitrogens with zero attached hydrogens (tertiary/aromatic N) is 1. The molecule has 0 spiro atoms. The monoisotopic (exact) mass is 210 g/mol. The van der Waals surface area contributed by atoms with E-state index in [0.717, 1.165) is 12.8 Å². The highest BCUT2D eigenvalue weighted by molar-refractivity contribution is 4.92. The number of nitrogens with one attached hydrogen (secondary N) is 1. The molecule has 3 nitrogen and oxygen atoms in total. The van der Waals surface area contributed by atoms with Crippen molar-refractivity contribution in [3.63, 3.8) is 0 Å². The van der Waals surface area contributed by atoms with E-state index in [0.29, 0.717) is 12.5 Å². The Bertz CT molecular complexity index is 210. The molecule has 1 rings (SSSR count). The van der Waals surface area contributed by atoms with Crippen molar-refractivity contribution in [2.24, 2.45) is 11.8 Å². The molecular formula is C12H22N2O. The minimum Gasteiger partial charge on any atom is -0.301 e. The van der Waals surface area contributed by atoms with E-state index in [9.17, 15) is 0 Å². The molecular weight excluding hydrogens is 188 g/mol. The summed E-state index contributed by atoms with van der Waals surface area (Å²) in [4.78, 5) is 5.42. The molecule has 86 valence electrons. The summed E-state index contributed by atoms with van der Waals surface area (Å²) in [5.41, 5.74) is 3.07. The predicted octanol–water partition coefficient (Wildman–Crippen LogP) is 2.64. The fourth-order valence-electron chi connectivity index (χ4n) is 1.93. The summed E-state index contributed by atoms with van der Waals surface area (Å²) < 4.78 is 0. The van der Waals surface area contributed by atoms with E-state index in [-0.39, 0.29) is 12.0 Å². The molecule has 1 N–H and O–H groups in total. The third-order valence-electron chi connectivity index (χ3n) is 2.83. The average Bonchev–Trinajstić information content (AvgIpc) is 2.42. The van der Waals surface area contributed by atoms with Crippen molar-refractivity contribution in [2.75, 3.05) is 6.61 Å². The zero-order valence-electron chi connectivity index (χ0n) is 9.83. The zero-order valence-corrected chi connectivity index (χ0v) is 9.83. The first-order chi connectivity index (χ1) is 7.24. The molecule has 2 atom stereocenters. The van der Waals surface area contributed by atoms with Crippen molar-refractivity contribution in [1.29, 1.82) is 5.26 Å². The Morgan fingerprint density at radius 1 is 1.33 bits per heavy atom. The quantitative estimate of drug-likeness (QED) is 0.573. The molecule has 0 bridgehead atoms. The van der Waals surface area contributed by atoms with Gasteiger partial charge in [0.1, 0.15) is 0 Å². The summed E-state index contributed by atoms with van der Waals surface area (Å²) in [5.74, 6) is 0.656. The SMILES string of the molecule is CC(C)CONC1CCCCCC1C#N. The summed E-state index contributed by atoms with van der Waals surface area (Å²) in [6.07, 6.45) is 5.72. The maximum absolute atomic E-state index is 9.05. The van der Waals surface area contributed by atoms with Gasteiger partial charge in [-0.05, 0) is 18.8 Å². The molecule has 0 aromatic heterocycles. The number of hydrogen-bond donors (Lipinski definition) is 1. The van der Waals surface area contributed by atoms with E-state index in [4.69, 9.17) is 10.1 Å². The van der Waals surface area contributed by atoms with E-state index < -0.39 is 0 Å². The van der Waals surface area contributed by atoms with Crippen molar-refractivity contribution in [3.05, 3.63) is 0 Å². The summed E-state index contributed by atoms with van der Waals surface area (Å²) in [6.45, 7) is 4.96. The largest absolute Gasteiger partial charge is 0.301 e. The molecule has 0 aromatic rings. The molecule has 0 heterocycles. The van der Waals surface area contributed by atoms with Gasteiger partial charge in [-0.15, -0.1) is 0 Å². The zero-order chi connectivity index (χ0) is 11.1. The lowest BCUT2D eigenvalue weighted by Crippen LogP contribution is -2.35. The van der Waals surface area contributed by atoms with Crippen molar-refractivity contribution < 1.29 is 4.84 Å². The van der Waals surface area contributed by atoms with Gasteiger partial charge in [0.2, 0.25) is 0 Å². The van der Waals surface area contributed by atoms with Crippen LogP contribution >= 0.6 is 0 Å². The van der Waals surface area contributed by atoms with Crippen LogP contribution < -0.4 is 5.48 Å². The van der Waals surface area contributed by atoms with Gasteiger partial charge < -0.3 is 4.84 Å². The van der Waals surface area contributed by atoms with Gasteiger partial charge in [0.25, 0.3) is 0 Å². The first kappa shape index (κ1) is 12.5. The Hall–Kier alpha value is -0.590. The second kappa shape index (κ2) is 6.81. The van der Waals surface area contributed by atoms with E-state index in [1.165, 1.54) is 19.3 Å². The first-order valence-electron chi connectivity index (χ1n) is 6.01. The molecule has 1 aliphatic carbocycles. The van der Waals surface area contributed by atoms with Gasteiger partial charge in [-0.3, -0.25) is 0 Å². The molecule has 0 radical (unpaired) electrons. The Morgan fingerprint density at radius 2 is 2.07 bits per heavy atom. The lowest BCUT2D eigenvalue weighted by Gasteiger charge is -2.20. The van der Waals surface area contributed by atoms with Gasteiger partial charge >= 0.3 is 0 Å². The molecule has 1 saturated carbocycles. The predicted molar refractivity (Wildman–Crippen MR) is 59.9 cm³/mol. The van der Waals surface area contributed by atoms with E-state index in [2.05, 4.69) is 25.4 Å². The first-order valence-corrected chi connectivity index (χ1v) is 6.01. The number of nitriles is 1. The minimum absolute atomic E-state index is 0.125. The fraction of sp³-hybridized carbons (Fsp3) is 0.917. The number of rotatable bonds is 4. The summed E-state index contributed by atoms with van der Waals surface area (Å²) in [7, 11) is 0. The van der Waals surface area contributed by atoms with Crippen molar-refractivity contribution in [1.82, 2.24) is 5.48 Å². The van der Waals surface area contributed by atoms with Gasteiger partial charge in [0.05, 0.1) is 18.6 Å². The maximum atomic E-state index is 9.05. The summed E-state index contributed by atoms with van der Waals surface area (Å²) in [5, 5.41) is 9.05. The third-order valence-corrected chi connectivity index (χ3v) is 2.83. The molecule has 0 saturated heterocycles. The highest BCUT2D eigenvalue weighted by atomic mass is 16.6. The van der Waals surface area contributed by atoms with Gasteiger partial charge in [0, 0.05) is 6.04 Å². The molecule has 0 amide bonds. The van der Waals surface area contributed by atoms with Crippen LogP contribution in [-0.4, -0.2) is 12.6 Å². The Balaban J connectivity index is 2.32. The summed E-state index contributed by atoms with van der Waals surface area (Å²) in [6, 6.07) is 2.62. The van der Waals surface area contributed by atoms with Gasteiger partial charge in [-0.1, -0.05) is 33.1 Å². The van der Waals surface area contributed by atoms with Crippen LogP contribution in [-0.2, 0) is 4.84 Å². The second-order valence-electron chi connectivity index (χ2n) is 4.80. The lowest BCUT2D eigenvalue weighted by atomic mass is 9.97. The smallest absolute Gasteiger partial charge is 0.0705 e. The standard InChI is InChI=1S/C12H22N2O/c1-10(2)9-15-14-12-7-5-3-4-6-11(12)8-13/h10-12,14H,3-7,9H2,1-2H3. The van der Waals surface area contributed by atoms with Crippen LogP contribution in [0.1, 0.15) is 46.0 Å². The van der Waals surface area contributed by atoms with E-state index in [1.54, 1.807) is 0 Å². The Kier molecular flexibility index (Phi) is 5.67. The fourth-order valence-corrected chi connectivity index (χ4v) is 1.93. The van der Waals surface area contributed by atoms with Crippen LogP contribution in [0.25, 0.3) is 0 Å². The molecule has 1 aliphatic rings. The summed E-state index contributed by atoms with van der Waals surface area (Å²) >= 11 is 0. The van der Waals surface area contributed by atoms with Crippen molar-refractivity contribution in [3.8, 4) is 6.07 Å². The second-order valence-corrected chi connectivity index (χ2v) is 4.80. The highest BCUT2D eigenvalue weighted by Crippen LogP contribution is 2.22. The van der Waals surface area contributed by atoms with Crippen LogP contribution in [0.15, 0.2) is 0 Å². The maximum Gasteiger partial charge on any atom is 0.0705 e.